The van der Waals surface area contributed by atoms with Gasteiger partial charge in [-0.2, -0.15) is 0 Å². The molecule has 0 aliphatic heterocycles. The minimum Gasteiger partial charge on any atom is -0.469 e. The first-order valence-electron chi connectivity index (χ1n) is 8.71. The van der Waals surface area contributed by atoms with E-state index in [1.165, 1.54) is 18.2 Å². The minimum absolute atomic E-state index is 0. The van der Waals surface area contributed by atoms with E-state index in [0.717, 1.165) is 11.8 Å². The van der Waals surface area contributed by atoms with Crippen LogP contribution in [0.5, 0.6) is 0 Å². The lowest BCUT2D eigenvalue weighted by Crippen LogP contribution is -2.39. The van der Waals surface area contributed by atoms with Gasteiger partial charge in [-0.1, -0.05) is 6.07 Å². The Balaban J connectivity index is 0.00000420. The molecule has 0 unspecified atom stereocenters. The standard InChI is InChI=1S/C17H23N5O5S.HI/c1-2-18-17(19-9-8-15-6-4-12-27-15)20-10-11-21-28(25,26)16-7-3-5-14(13-16)22(23)24;/h3-7,12-13,21H,2,8-11H2,1H3,(H2,18,19,20);1H. The van der Waals surface area contributed by atoms with E-state index >= 15 is 0 Å². The Morgan fingerprint density at radius 1 is 1.21 bits per heavy atom. The van der Waals surface area contributed by atoms with Crippen LogP contribution in [0.3, 0.4) is 0 Å². The van der Waals surface area contributed by atoms with E-state index in [4.69, 9.17) is 4.42 Å². The molecule has 0 amide bonds. The van der Waals surface area contributed by atoms with Crippen LogP contribution < -0.4 is 15.4 Å². The van der Waals surface area contributed by atoms with E-state index in [0.29, 0.717) is 25.5 Å². The highest BCUT2D eigenvalue weighted by atomic mass is 127. The van der Waals surface area contributed by atoms with Crippen molar-refractivity contribution in [2.24, 2.45) is 4.99 Å². The van der Waals surface area contributed by atoms with Gasteiger partial charge >= 0.3 is 0 Å². The topological polar surface area (TPSA) is 139 Å². The summed E-state index contributed by atoms with van der Waals surface area (Å²) in [7, 11) is -3.85. The number of nitrogens with zero attached hydrogens (tertiary/aromatic N) is 2. The fourth-order valence-electron chi connectivity index (χ4n) is 2.30. The average Bonchev–Trinajstić information content (AvgIpc) is 3.18. The number of nitro benzene ring substituents is 1. The lowest BCUT2D eigenvalue weighted by molar-refractivity contribution is -0.385. The maximum atomic E-state index is 12.3. The van der Waals surface area contributed by atoms with E-state index in [1.54, 1.807) is 6.26 Å². The second-order valence-corrected chi connectivity index (χ2v) is 7.44. The molecule has 0 aliphatic rings. The summed E-state index contributed by atoms with van der Waals surface area (Å²) in [5.41, 5.74) is -0.281. The van der Waals surface area contributed by atoms with Gasteiger partial charge in [-0.15, -0.1) is 24.0 Å². The highest BCUT2D eigenvalue weighted by Crippen LogP contribution is 2.16. The fourth-order valence-corrected chi connectivity index (χ4v) is 3.36. The molecule has 0 aliphatic carbocycles. The van der Waals surface area contributed by atoms with Gasteiger partial charge in [-0.3, -0.25) is 15.1 Å². The van der Waals surface area contributed by atoms with Crippen molar-refractivity contribution in [2.75, 3.05) is 26.2 Å². The van der Waals surface area contributed by atoms with E-state index in [-0.39, 0.29) is 47.6 Å². The molecule has 2 aromatic rings. The number of halogens is 1. The monoisotopic (exact) mass is 537 g/mol. The van der Waals surface area contributed by atoms with Crippen molar-refractivity contribution in [3.63, 3.8) is 0 Å². The number of rotatable bonds is 10. The van der Waals surface area contributed by atoms with Gasteiger partial charge in [0.2, 0.25) is 10.0 Å². The van der Waals surface area contributed by atoms with E-state index in [1.807, 2.05) is 19.1 Å². The summed E-state index contributed by atoms with van der Waals surface area (Å²) in [4.78, 5) is 14.3. The molecular weight excluding hydrogens is 513 g/mol. The number of guanidine groups is 1. The van der Waals surface area contributed by atoms with Crippen LogP contribution >= 0.6 is 24.0 Å². The molecule has 0 saturated carbocycles. The van der Waals surface area contributed by atoms with Crippen LogP contribution in [-0.2, 0) is 16.4 Å². The summed E-state index contributed by atoms with van der Waals surface area (Å²) in [5, 5.41) is 17.0. The lowest BCUT2D eigenvalue weighted by Gasteiger charge is -2.11. The van der Waals surface area contributed by atoms with Gasteiger partial charge in [-0.05, 0) is 25.1 Å². The first kappa shape index (κ1) is 24.8. The SMILES string of the molecule is CCNC(=NCCNS(=O)(=O)c1cccc([N+](=O)[O-])c1)NCCc1ccco1.I. The summed E-state index contributed by atoms with van der Waals surface area (Å²) in [6.07, 6.45) is 2.30. The molecule has 12 heteroatoms. The van der Waals surface area contributed by atoms with E-state index < -0.39 is 14.9 Å². The number of aliphatic imine (C=N–C) groups is 1. The number of furan rings is 1. The predicted molar refractivity (Wildman–Crippen MR) is 120 cm³/mol. The van der Waals surface area contributed by atoms with Crippen LogP contribution in [0, 0.1) is 10.1 Å². The number of sulfonamides is 1. The zero-order valence-corrected chi connectivity index (χ0v) is 19.0. The van der Waals surface area contributed by atoms with E-state index in [2.05, 4.69) is 20.3 Å². The molecule has 160 valence electrons. The molecule has 1 heterocycles. The molecule has 0 saturated heterocycles. The van der Waals surface area contributed by atoms with Gasteiger partial charge in [0.25, 0.3) is 5.69 Å². The second kappa shape index (κ2) is 12.4. The highest BCUT2D eigenvalue weighted by molar-refractivity contribution is 14.0. The Labute approximate surface area is 186 Å². The Kier molecular flexibility index (Phi) is 10.6. The zero-order valence-electron chi connectivity index (χ0n) is 15.8. The van der Waals surface area contributed by atoms with Crippen molar-refractivity contribution in [2.45, 2.75) is 18.2 Å². The predicted octanol–water partition coefficient (Wildman–Crippen LogP) is 1.88. The first-order valence-corrected chi connectivity index (χ1v) is 10.2. The molecular formula is C17H24IN5O5S. The van der Waals surface area contributed by atoms with Gasteiger partial charge in [0.05, 0.1) is 22.6 Å². The molecule has 0 radical (unpaired) electrons. The van der Waals surface area contributed by atoms with Crippen molar-refractivity contribution in [3.8, 4) is 0 Å². The number of hydrogen-bond acceptors (Lipinski definition) is 6. The summed E-state index contributed by atoms with van der Waals surface area (Å²) in [6.45, 7) is 3.45. The van der Waals surface area contributed by atoms with Crippen LogP contribution in [0.2, 0.25) is 0 Å². The van der Waals surface area contributed by atoms with Crippen molar-refractivity contribution in [3.05, 3.63) is 58.5 Å². The van der Waals surface area contributed by atoms with Crippen molar-refractivity contribution in [1.82, 2.24) is 15.4 Å². The molecule has 1 aromatic heterocycles. The van der Waals surface area contributed by atoms with Gasteiger partial charge in [0.1, 0.15) is 5.76 Å². The third-order valence-corrected chi connectivity index (χ3v) is 5.06. The molecule has 0 spiro atoms. The minimum atomic E-state index is -3.85. The maximum absolute atomic E-state index is 12.3. The van der Waals surface area contributed by atoms with Crippen LogP contribution in [0.15, 0.2) is 57.0 Å². The van der Waals surface area contributed by atoms with Crippen LogP contribution in [0.4, 0.5) is 5.69 Å². The molecule has 10 nitrogen and oxygen atoms in total. The second-order valence-electron chi connectivity index (χ2n) is 5.67. The third kappa shape index (κ3) is 8.37. The zero-order chi connectivity index (χ0) is 20.4. The summed E-state index contributed by atoms with van der Waals surface area (Å²) in [6, 6.07) is 8.60. The average molecular weight is 537 g/mol. The number of hydrogen-bond donors (Lipinski definition) is 3. The van der Waals surface area contributed by atoms with Gasteiger partial charge in [0, 0.05) is 38.2 Å². The molecule has 0 fully saturated rings. The molecule has 0 atom stereocenters. The lowest BCUT2D eigenvalue weighted by atomic mass is 10.3. The van der Waals surface area contributed by atoms with Crippen LogP contribution in [-0.4, -0.2) is 45.5 Å². The number of nitro groups is 1. The van der Waals surface area contributed by atoms with Crippen molar-refractivity contribution >= 4 is 45.6 Å². The Hall–Kier alpha value is -2.19. The Morgan fingerprint density at radius 2 is 2.00 bits per heavy atom. The number of benzene rings is 1. The molecule has 0 bridgehead atoms. The summed E-state index contributed by atoms with van der Waals surface area (Å²) in [5.74, 6) is 1.41. The largest absolute Gasteiger partial charge is 0.469 e. The third-order valence-electron chi connectivity index (χ3n) is 3.60. The molecule has 29 heavy (non-hydrogen) atoms. The van der Waals surface area contributed by atoms with Crippen molar-refractivity contribution in [1.29, 1.82) is 0 Å². The quantitative estimate of drug-likeness (QED) is 0.105. The van der Waals surface area contributed by atoms with Crippen LogP contribution in [0.1, 0.15) is 12.7 Å². The van der Waals surface area contributed by atoms with Crippen LogP contribution in [0.25, 0.3) is 0 Å². The first-order chi connectivity index (χ1) is 13.4. The smallest absolute Gasteiger partial charge is 0.270 e. The Bertz CT molecular complexity index is 903. The van der Waals surface area contributed by atoms with Crippen molar-refractivity contribution < 1.29 is 17.8 Å². The van der Waals surface area contributed by atoms with Gasteiger partial charge < -0.3 is 15.1 Å². The normalized spacial score (nSPS) is 11.6. The maximum Gasteiger partial charge on any atom is 0.270 e. The van der Waals surface area contributed by atoms with Gasteiger partial charge in [-0.25, -0.2) is 13.1 Å². The molecule has 3 N–H and O–H groups in total. The van der Waals surface area contributed by atoms with E-state index in [9.17, 15) is 18.5 Å². The number of non-ortho nitro benzene ring substituents is 1. The Morgan fingerprint density at radius 3 is 2.66 bits per heavy atom. The van der Waals surface area contributed by atoms with Gasteiger partial charge in [0.15, 0.2) is 5.96 Å². The summed E-state index contributed by atoms with van der Waals surface area (Å²) < 4.78 is 32.2. The molecule has 2 rings (SSSR count). The fraction of sp³-hybridized carbons (Fsp3) is 0.353. The highest BCUT2D eigenvalue weighted by Gasteiger charge is 2.16. The molecule has 1 aromatic carbocycles. The number of nitrogens with one attached hydrogen (secondary N) is 3. The summed E-state index contributed by atoms with van der Waals surface area (Å²) >= 11 is 0.